The summed E-state index contributed by atoms with van der Waals surface area (Å²) in [5.41, 5.74) is 0. The van der Waals surface area contributed by atoms with Crippen molar-refractivity contribution in [2.75, 3.05) is 6.54 Å². The molecule has 116 valence electrons. The molecule has 1 aromatic rings. The van der Waals surface area contributed by atoms with Gasteiger partial charge in [0.05, 0.1) is 10.4 Å². The third-order valence-electron chi connectivity index (χ3n) is 2.33. The third-order valence-corrected chi connectivity index (χ3v) is 6.03. The Kier molecular flexibility index (Phi) is 6.45. The summed E-state index contributed by atoms with van der Waals surface area (Å²) in [5.74, 6) is 0. The van der Waals surface area contributed by atoms with Crippen molar-refractivity contribution in [2.45, 2.75) is 36.9 Å². The topological polar surface area (TPSA) is 66.4 Å². The fourth-order valence-electron chi connectivity index (χ4n) is 1.39. The fourth-order valence-corrected chi connectivity index (χ4v) is 5.01. The Morgan fingerprint density at radius 3 is 2.50 bits per heavy atom. The highest BCUT2D eigenvalue weighted by atomic mass is 79.9. The van der Waals surface area contributed by atoms with Gasteiger partial charge in [-0.2, -0.15) is 13.2 Å². The highest BCUT2D eigenvalue weighted by molar-refractivity contribution is 9.11. The van der Waals surface area contributed by atoms with Crippen LogP contribution in [0.3, 0.4) is 0 Å². The van der Waals surface area contributed by atoms with Crippen molar-refractivity contribution < 1.29 is 26.7 Å². The lowest BCUT2D eigenvalue weighted by Gasteiger charge is -2.07. The molecular weight excluding hydrogens is 383 g/mol. The second-order valence-electron chi connectivity index (χ2n) is 3.98. The van der Waals surface area contributed by atoms with Crippen LogP contribution in [0.15, 0.2) is 14.7 Å². The fraction of sp³-hybridized carbons (Fsp3) is 0.600. The van der Waals surface area contributed by atoms with Gasteiger partial charge in [0.15, 0.2) is 0 Å². The van der Waals surface area contributed by atoms with Crippen LogP contribution in [0, 0.1) is 0 Å². The van der Waals surface area contributed by atoms with Crippen LogP contribution in [-0.4, -0.2) is 26.2 Å². The summed E-state index contributed by atoms with van der Waals surface area (Å²) in [6.07, 6.45) is -5.16. The van der Waals surface area contributed by atoms with E-state index in [1.807, 2.05) is 0 Å². The average Bonchev–Trinajstić information content (AvgIpc) is 2.69. The average molecular weight is 396 g/mol. The number of sulfonamides is 1. The molecule has 0 bridgehead atoms. The van der Waals surface area contributed by atoms with E-state index in [2.05, 4.69) is 20.7 Å². The largest absolute Gasteiger partial charge is 0.391 e. The van der Waals surface area contributed by atoms with Gasteiger partial charge in [-0.3, -0.25) is 0 Å². The Bertz CT molecular complexity index is 542. The van der Waals surface area contributed by atoms with Gasteiger partial charge in [-0.25, -0.2) is 13.1 Å². The molecule has 0 saturated carbocycles. The summed E-state index contributed by atoms with van der Waals surface area (Å²) in [5, 5.41) is 8.93. The van der Waals surface area contributed by atoms with E-state index in [9.17, 15) is 21.6 Å². The second kappa shape index (κ2) is 7.21. The number of nitrogens with one attached hydrogen (secondary N) is 1. The Labute approximate surface area is 127 Å². The van der Waals surface area contributed by atoms with Gasteiger partial charge in [-0.1, -0.05) is 0 Å². The predicted molar refractivity (Wildman–Crippen MR) is 73.0 cm³/mol. The maximum absolute atomic E-state index is 11.9. The second-order valence-corrected chi connectivity index (χ2v) is 8.17. The zero-order valence-electron chi connectivity index (χ0n) is 10.2. The number of rotatable bonds is 7. The zero-order chi connectivity index (χ0) is 15.4. The maximum Gasteiger partial charge on any atom is 0.389 e. The normalized spacial score (nSPS) is 12.8. The Hall–Kier alpha value is -0.160. The first kappa shape index (κ1) is 17.9. The van der Waals surface area contributed by atoms with E-state index in [-0.39, 0.29) is 30.9 Å². The van der Waals surface area contributed by atoms with E-state index in [0.717, 1.165) is 11.3 Å². The lowest BCUT2D eigenvalue weighted by atomic mass is 10.2. The van der Waals surface area contributed by atoms with E-state index in [0.29, 0.717) is 8.66 Å². The lowest BCUT2D eigenvalue weighted by Crippen LogP contribution is -2.25. The quantitative estimate of drug-likeness (QED) is 0.697. The number of unbranched alkanes of at least 4 members (excludes halogenated alkanes) is 1. The smallest absolute Gasteiger partial charge is 0.389 e. The van der Waals surface area contributed by atoms with Gasteiger partial charge in [0.25, 0.3) is 0 Å². The Morgan fingerprint density at radius 1 is 1.35 bits per heavy atom. The SMILES string of the molecule is O=S(=O)(NCCCCC(F)(F)F)c1cc(CO)sc1Br. The maximum atomic E-state index is 11.9. The van der Waals surface area contributed by atoms with Gasteiger partial charge in [-0.15, -0.1) is 11.3 Å². The summed E-state index contributed by atoms with van der Waals surface area (Å²) < 4.78 is 62.1. The van der Waals surface area contributed by atoms with Crippen LogP contribution in [0.2, 0.25) is 0 Å². The molecule has 0 radical (unpaired) electrons. The highest BCUT2D eigenvalue weighted by Gasteiger charge is 2.26. The molecule has 0 atom stereocenters. The summed E-state index contributed by atoms with van der Waals surface area (Å²) in [4.78, 5) is 0.469. The van der Waals surface area contributed by atoms with Gasteiger partial charge < -0.3 is 5.11 Å². The van der Waals surface area contributed by atoms with E-state index < -0.39 is 22.6 Å². The molecule has 1 heterocycles. The number of aliphatic hydroxyl groups is 1. The number of halogens is 4. The molecule has 0 aromatic carbocycles. The molecule has 0 spiro atoms. The van der Waals surface area contributed by atoms with Crippen LogP contribution in [0.25, 0.3) is 0 Å². The van der Waals surface area contributed by atoms with Gasteiger partial charge in [0, 0.05) is 17.8 Å². The minimum absolute atomic E-state index is 0.0117. The number of hydrogen-bond acceptors (Lipinski definition) is 4. The number of hydrogen-bond donors (Lipinski definition) is 2. The van der Waals surface area contributed by atoms with Crippen LogP contribution in [0.5, 0.6) is 0 Å². The van der Waals surface area contributed by atoms with Crippen molar-refractivity contribution in [3.63, 3.8) is 0 Å². The van der Waals surface area contributed by atoms with Crippen molar-refractivity contribution in [2.24, 2.45) is 0 Å². The molecule has 4 nitrogen and oxygen atoms in total. The first-order valence-corrected chi connectivity index (χ1v) is 8.70. The van der Waals surface area contributed by atoms with Crippen LogP contribution >= 0.6 is 27.3 Å². The molecule has 0 aliphatic carbocycles. The monoisotopic (exact) mass is 395 g/mol. The molecule has 2 N–H and O–H groups in total. The minimum Gasteiger partial charge on any atom is -0.391 e. The standard InChI is InChI=1S/C10H13BrF3NO3S2/c11-9-8(5-7(6-16)19-9)20(17,18)15-4-2-1-3-10(12,13)14/h5,15-16H,1-4,6H2. The molecule has 1 rings (SSSR count). The number of thiophene rings is 1. The van der Waals surface area contributed by atoms with E-state index in [4.69, 9.17) is 5.11 Å². The predicted octanol–water partition coefficient (Wildman–Crippen LogP) is 3.01. The molecular formula is C10H13BrF3NO3S2. The summed E-state index contributed by atoms with van der Waals surface area (Å²) in [6, 6.07) is 1.33. The highest BCUT2D eigenvalue weighted by Crippen LogP contribution is 2.31. The summed E-state index contributed by atoms with van der Waals surface area (Å²) in [6.45, 7) is -0.334. The van der Waals surface area contributed by atoms with Crippen LogP contribution < -0.4 is 4.72 Å². The number of alkyl halides is 3. The van der Waals surface area contributed by atoms with Crippen LogP contribution in [-0.2, 0) is 16.6 Å². The number of aliphatic hydroxyl groups excluding tert-OH is 1. The summed E-state index contributed by atoms with van der Waals surface area (Å²) >= 11 is 4.17. The van der Waals surface area contributed by atoms with E-state index in [1.165, 1.54) is 6.07 Å². The van der Waals surface area contributed by atoms with Crippen molar-refractivity contribution in [1.82, 2.24) is 4.72 Å². The first-order chi connectivity index (χ1) is 9.15. The van der Waals surface area contributed by atoms with Crippen molar-refractivity contribution in [3.8, 4) is 0 Å². The van der Waals surface area contributed by atoms with Gasteiger partial charge >= 0.3 is 6.18 Å². The molecule has 0 unspecified atom stereocenters. The lowest BCUT2D eigenvalue weighted by molar-refractivity contribution is -0.135. The van der Waals surface area contributed by atoms with Crippen LogP contribution in [0.1, 0.15) is 24.1 Å². The van der Waals surface area contributed by atoms with Crippen LogP contribution in [0.4, 0.5) is 13.2 Å². The van der Waals surface area contributed by atoms with Crippen molar-refractivity contribution in [3.05, 3.63) is 14.7 Å². The van der Waals surface area contributed by atoms with Gasteiger partial charge in [0.1, 0.15) is 4.90 Å². The Balaban J connectivity index is 2.51. The van der Waals surface area contributed by atoms with Gasteiger partial charge in [-0.05, 0) is 34.8 Å². The van der Waals surface area contributed by atoms with E-state index in [1.54, 1.807) is 0 Å². The molecule has 0 fully saturated rings. The molecule has 0 aliphatic heterocycles. The molecule has 0 saturated heterocycles. The van der Waals surface area contributed by atoms with Crippen molar-refractivity contribution >= 4 is 37.3 Å². The van der Waals surface area contributed by atoms with E-state index >= 15 is 0 Å². The molecule has 0 amide bonds. The minimum atomic E-state index is -4.22. The van der Waals surface area contributed by atoms with Crippen molar-refractivity contribution in [1.29, 1.82) is 0 Å². The molecule has 10 heteroatoms. The Morgan fingerprint density at radius 2 is 2.00 bits per heavy atom. The zero-order valence-corrected chi connectivity index (χ0v) is 13.4. The molecule has 1 aromatic heterocycles. The molecule has 0 aliphatic rings. The third kappa shape index (κ3) is 5.68. The first-order valence-electron chi connectivity index (χ1n) is 5.61. The van der Waals surface area contributed by atoms with Gasteiger partial charge in [0.2, 0.25) is 10.0 Å². The summed E-state index contributed by atoms with van der Waals surface area (Å²) in [7, 11) is -3.77. The molecule has 20 heavy (non-hydrogen) atoms.